The minimum atomic E-state index is -1.68. The molecule has 8 nitrogen and oxygen atoms in total. The topological polar surface area (TPSA) is 147 Å². The predicted octanol–water partition coefficient (Wildman–Crippen LogP) is -1.15. The van der Waals surface area contributed by atoms with Crippen LogP contribution in [0.4, 0.5) is 0 Å². The van der Waals surface area contributed by atoms with Gasteiger partial charge in [0, 0.05) is 18.9 Å². The van der Waals surface area contributed by atoms with Gasteiger partial charge in [-0.15, -0.1) is 0 Å². The summed E-state index contributed by atoms with van der Waals surface area (Å²) in [6.07, 6.45) is -1.52. The van der Waals surface area contributed by atoms with E-state index in [0.29, 0.717) is 19.4 Å². The Balaban J connectivity index is 3.89. The van der Waals surface area contributed by atoms with Crippen molar-refractivity contribution in [3.8, 4) is 0 Å². The average Bonchev–Trinajstić information content (AvgIpc) is 2.50. The van der Waals surface area contributed by atoms with Gasteiger partial charge in [-0.3, -0.25) is 9.59 Å². The molecule has 0 radical (unpaired) electrons. The van der Waals surface area contributed by atoms with Crippen LogP contribution in [-0.4, -0.2) is 68.9 Å². The second kappa shape index (κ2) is 11.4. The summed E-state index contributed by atoms with van der Waals surface area (Å²) in [4.78, 5) is 21.9. The summed E-state index contributed by atoms with van der Waals surface area (Å²) in [6.45, 7) is 1.17. The van der Waals surface area contributed by atoms with Crippen molar-refractivity contribution in [2.24, 2.45) is 5.92 Å². The highest BCUT2D eigenvalue weighted by molar-refractivity contribution is 5.81. The van der Waals surface area contributed by atoms with Crippen molar-refractivity contribution >= 4 is 11.9 Å². The molecule has 22 heavy (non-hydrogen) atoms. The largest absolute Gasteiger partial charge is 0.481 e. The van der Waals surface area contributed by atoms with E-state index in [-0.39, 0.29) is 6.42 Å². The van der Waals surface area contributed by atoms with Crippen LogP contribution < -0.4 is 5.32 Å². The van der Waals surface area contributed by atoms with E-state index in [1.807, 2.05) is 0 Å². The summed E-state index contributed by atoms with van der Waals surface area (Å²) < 4.78 is 0. The number of hydrogen-bond acceptors (Lipinski definition) is 6. The molecule has 8 heteroatoms. The minimum Gasteiger partial charge on any atom is -0.481 e. The maximum Gasteiger partial charge on any atom is 0.303 e. The lowest BCUT2D eigenvalue weighted by atomic mass is 9.94. The van der Waals surface area contributed by atoms with Gasteiger partial charge < -0.3 is 30.8 Å². The third-order valence-corrected chi connectivity index (χ3v) is 3.54. The quantitative estimate of drug-likeness (QED) is 0.249. The van der Waals surface area contributed by atoms with Crippen LogP contribution in [0.5, 0.6) is 0 Å². The first kappa shape index (κ1) is 20.8. The molecule has 0 fully saturated rings. The first-order valence-corrected chi connectivity index (χ1v) is 7.45. The fourth-order valence-electron chi connectivity index (χ4n) is 1.91. The smallest absolute Gasteiger partial charge is 0.303 e. The molecule has 4 unspecified atom stereocenters. The Kier molecular flexibility index (Phi) is 10.7. The molecule has 0 aliphatic heterocycles. The van der Waals surface area contributed by atoms with Gasteiger partial charge in [-0.2, -0.15) is 0 Å². The van der Waals surface area contributed by atoms with Crippen molar-refractivity contribution < 1.29 is 35.1 Å². The lowest BCUT2D eigenvalue weighted by molar-refractivity contribution is -0.140. The molecular weight excluding hydrogens is 294 g/mol. The van der Waals surface area contributed by atoms with Crippen molar-refractivity contribution in [2.75, 3.05) is 13.2 Å². The average molecular weight is 321 g/mol. The monoisotopic (exact) mass is 321 g/mol. The van der Waals surface area contributed by atoms with Crippen molar-refractivity contribution in [1.29, 1.82) is 0 Å². The fourth-order valence-corrected chi connectivity index (χ4v) is 1.91. The summed E-state index contributed by atoms with van der Waals surface area (Å²) in [5.41, 5.74) is 0. The van der Waals surface area contributed by atoms with E-state index in [0.717, 1.165) is 12.8 Å². The van der Waals surface area contributed by atoms with Crippen LogP contribution in [0, 0.1) is 5.92 Å². The molecule has 0 spiro atoms. The van der Waals surface area contributed by atoms with Crippen LogP contribution in [0.25, 0.3) is 0 Å². The summed E-state index contributed by atoms with van der Waals surface area (Å²) >= 11 is 0. The van der Waals surface area contributed by atoms with Gasteiger partial charge in [-0.1, -0.05) is 19.8 Å². The van der Waals surface area contributed by atoms with Gasteiger partial charge in [-0.25, -0.2) is 0 Å². The number of aliphatic hydroxyl groups is 4. The number of aliphatic hydroxyl groups excluding tert-OH is 4. The van der Waals surface area contributed by atoms with E-state index in [1.165, 1.54) is 6.92 Å². The molecular formula is C14H27NO7. The fraction of sp³-hybridized carbons (Fsp3) is 0.857. The van der Waals surface area contributed by atoms with Gasteiger partial charge in [0.25, 0.3) is 5.91 Å². The molecule has 130 valence electrons. The second-order valence-electron chi connectivity index (χ2n) is 5.39. The number of nitrogens with one attached hydrogen (secondary N) is 1. The van der Waals surface area contributed by atoms with Crippen molar-refractivity contribution in [3.63, 3.8) is 0 Å². The number of hydrogen-bond donors (Lipinski definition) is 6. The van der Waals surface area contributed by atoms with E-state index in [1.54, 1.807) is 0 Å². The van der Waals surface area contributed by atoms with Crippen molar-refractivity contribution in [1.82, 2.24) is 5.32 Å². The van der Waals surface area contributed by atoms with Gasteiger partial charge in [0.15, 0.2) is 6.10 Å². The maximum absolute atomic E-state index is 11.6. The lowest BCUT2D eigenvalue weighted by Crippen LogP contribution is -2.48. The molecule has 0 heterocycles. The molecule has 1 amide bonds. The molecule has 0 aliphatic carbocycles. The van der Waals surface area contributed by atoms with Gasteiger partial charge in [0.1, 0.15) is 0 Å². The maximum atomic E-state index is 11.6. The number of carbonyl (C=O) groups excluding carboxylic acids is 1. The molecule has 6 N–H and O–H groups in total. The number of carbonyl (C=O) groups is 2. The van der Waals surface area contributed by atoms with Crippen LogP contribution in [0.3, 0.4) is 0 Å². The van der Waals surface area contributed by atoms with Crippen LogP contribution in [0.15, 0.2) is 0 Å². The standard InChI is InChI=1S/C14H27NO7/c1-9(10(17)8-16)12(20)13(21)14(22)15-7-5-3-2-4-6-11(18)19/h9-10,12-13,16-17,20-21H,2-8H2,1H3,(H,15,22)(H,18,19). The zero-order valence-corrected chi connectivity index (χ0v) is 12.8. The molecule has 0 bridgehead atoms. The van der Waals surface area contributed by atoms with Crippen molar-refractivity contribution in [3.05, 3.63) is 0 Å². The van der Waals surface area contributed by atoms with Crippen LogP contribution in [-0.2, 0) is 9.59 Å². The number of carboxylic acid groups (broad SMARTS) is 1. The van der Waals surface area contributed by atoms with Crippen LogP contribution in [0.2, 0.25) is 0 Å². The Hall–Kier alpha value is -1.22. The highest BCUT2D eigenvalue weighted by Crippen LogP contribution is 2.12. The van der Waals surface area contributed by atoms with E-state index in [9.17, 15) is 24.9 Å². The first-order valence-electron chi connectivity index (χ1n) is 7.45. The summed E-state index contributed by atoms with van der Waals surface area (Å²) in [5, 5.41) is 48.5. The zero-order chi connectivity index (χ0) is 17.1. The Morgan fingerprint density at radius 1 is 1.05 bits per heavy atom. The molecule has 0 aliphatic rings. The molecule has 0 saturated heterocycles. The molecule has 0 saturated carbocycles. The Bertz CT molecular complexity index is 337. The summed E-state index contributed by atoms with van der Waals surface area (Å²) in [6, 6.07) is 0. The number of aliphatic carboxylic acids is 1. The van der Waals surface area contributed by atoms with E-state index < -0.39 is 42.7 Å². The first-order chi connectivity index (χ1) is 10.3. The van der Waals surface area contributed by atoms with Crippen LogP contribution >= 0.6 is 0 Å². The van der Waals surface area contributed by atoms with E-state index in [4.69, 9.17) is 10.2 Å². The second-order valence-corrected chi connectivity index (χ2v) is 5.39. The number of amides is 1. The molecule has 0 aromatic rings. The van der Waals surface area contributed by atoms with Crippen molar-refractivity contribution in [2.45, 2.75) is 57.3 Å². The highest BCUT2D eigenvalue weighted by Gasteiger charge is 2.32. The third kappa shape index (κ3) is 8.28. The normalized spacial score (nSPS) is 16.6. The van der Waals surface area contributed by atoms with Crippen LogP contribution in [0.1, 0.15) is 39.0 Å². The Morgan fingerprint density at radius 3 is 2.18 bits per heavy atom. The molecule has 4 atom stereocenters. The lowest BCUT2D eigenvalue weighted by Gasteiger charge is -2.26. The van der Waals surface area contributed by atoms with Gasteiger partial charge >= 0.3 is 5.97 Å². The Morgan fingerprint density at radius 2 is 1.64 bits per heavy atom. The SMILES string of the molecule is CC(C(O)CO)C(O)C(O)C(=O)NCCCCCCC(=O)O. The summed E-state index contributed by atoms with van der Waals surface area (Å²) in [7, 11) is 0. The molecule has 0 aromatic carbocycles. The van der Waals surface area contributed by atoms with Gasteiger partial charge in [-0.05, 0) is 12.8 Å². The van der Waals surface area contributed by atoms with Gasteiger partial charge in [0.2, 0.25) is 0 Å². The van der Waals surface area contributed by atoms with Gasteiger partial charge in [0.05, 0.1) is 18.8 Å². The number of rotatable bonds is 12. The molecule has 0 aromatic heterocycles. The Labute approximate surface area is 129 Å². The molecule has 0 rings (SSSR count). The minimum absolute atomic E-state index is 0.127. The number of unbranched alkanes of at least 4 members (excludes halogenated alkanes) is 3. The highest BCUT2D eigenvalue weighted by atomic mass is 16.4. The number of carboxylic acids is 1. The summed E-state index contributed by atoms with van der Waals surface area (Å²) in [5.74, 6) is -2.42. The zero-order valence-electron chi connectivity index (χ0n) is 12.8. The van der Waals surface area contributed by atoms with E-state index >= 15 is 0 Å². The van der Waals surface area contributed by atoms with E-state index in [2.05, 4.69) is 5.32 Å². The third-order valence-electron chi connectivity index (χ3n) is 3.54. The predicted molar refractivity (Wildman–Crippen MR) is 78.0 cm³/mol.